The van der Waals surface area contributed by atoms with Gasteiger partial charge < -0.3 is 25.0 Å². The molecule has 2 fully saturated rings. The first-order chi connectivity index (χ1) is 22.1. The molecule has 11 nitrogen and oxygen atoms in total. The second-order valence-corrected chi connectivity index (χ2v) is 13.8. The number of hydrogen-bond acceptors (Lipinski definition) is 9. The van der Waals surface area contributed by atoms with Gasteiger partial charge in [0.05, 0.1) is 35.8 Å². The summed E-state index contributed by atoms with van der Waals surface area (Å²) >= 11 is 0. The van der Waals surface area contributed by atoms with E-state index in [2.05, 4.69) is 14.9 Å². The van der Waals surface area contributed by atoms with Crippen LogP contribution in [0.5, 0.6) is 6.01 Å². The number of amides is 1. The van der Waals surface area contributed by atoms with Crippen molar-refractivity contribution in [1.82, 2.24) is 29.5 Å². The third-order valence-corrected chi connectivity index (χ3v) is 10.7. The van der Waals surface area contributed by atoms with E-state index in [4.69, 9.17) is 25.2 Å². The number of ether oxygens (including phenoxy) is 2. The Morgan fingerprint density at radius 2 is 2.07 bits per heavy atom. The van der Waals surface area contributed by atoms with Gasteiger partial charge in [0.15, 0.2) is 11.5 Å². The molecule has 1 aliphatic carbocycles. The first-order valence-corrected chi connectivity index (χ1v) is 16.3. The molecule has 3 atom stereocenters. The minimum atomic E-state index is -0.878. The van der Waals surface area contributed by atoms with Gasteiger partial charge >= 0.3 is 6.01 Å². The Bertz CT molecular complexity index is 1710. The second-order valence-electron chi connectivity index (χ2n) is 13.8. The molecule has 1 amide bonds. The van der Waals surface area contributed by atoms with Gasteiger partial charge in [0, 0.05) is 57.7 Å². The van der Waals surface area contributed by atoms with Gasteiger partial charge in [-0.1, -0.05) is 6.07 Å². The molecule has 1 spiro atoms. The van der Waals surface area contributed by atoms with Crippen molar-refractivity contribution in [2.75, 3.05) is 51.0 Å². The van der Waals surface area contributed by atoms with E-state index in [0.717, 1.165) is 48.3 Å². The molecule has 8 rings (SSSR count). The predicted molar refractivity (Wildman–Crippen MR) is 166 cm³/mol. The Labute approximate surface area is 266 Å². The largest absolute Gasteiger partial charge is 0.461 e. The number of carbonyl (C=O) groups excluding carboxylic acids is 1. The van der Waals surface area contributed by atoms with Crippen molar-refractivity contribution in [2.24, 2.45) is 0 Å². The number of nitrogens with two attached hydrogens (primary N) is 1. The molecule has 3 aromatic rings. The number of benzene rings is 1. The lowest BCUT2D eigenvalue weighted by molar-refractivity contribution is -0.0749. The Balaban J connectivity index is 1.16. The molecule has 3 unspecified atom stereocenters. The van der Waals surface area contributed by atoms with Crippen LogP contribution < -0.4 is 15.4 Å². The molecule has 0 bridgehead atoms. The molecule has 4 aliphatic heterocycles. The van der Waals surface area contributed by atoms with E-state index in [-0.39, 0.29) is 29.8 Å². The molecular weight excluding hydrogens is 594 g/mol. The number of aryl methyl sites for hydroxylation is 2. The number of carbonyl (C=O) groups is 1. The molecule has 1 aromatic carbocycles. The van der Waals surface area contributed by atoms with E-state index in [1.165, 1.54) is 4.90 Å². The Hall–Kier alpha value is -3.84. The van der Waals surface area contributed by atoms with Gasteiger partial charge in [-0.15, -0.1) is 0 Å². The lowest BCUT2D eigenvalue weighted by Crippen LogP contribution is -2.43. The van der Waals surface area contributed by atoms with E-state index < -0.39 is 17.6 Å². The topological polar surface area (TPSA) is 115 Å². The van der Waals surface area contributed by atoms with E-state index in [1.54, 1.807) is 20.2 Å². The number of fused-ring (bicyclic) bond motifs is 5. The van der Waals surface area contributed by atoms with Crippen LogP contribution in [0.1, 0.15) is 70.7 Å². The quantitative estimate of drug-likeness (QED) is 0.422. The zero-order valence-electron chi connectivity index (χ0n) is 26.4. The monoisotopic (exact) mass is 634 g/mol. The molecule has 2 aromatic heterocycles. The first kappa shape index (κ1) is 29.6. The standard InChI is InChI=1S/C33H40F2N8O3/c1-40(2)30(44)25-13-22-17-41(10-4-12-43(22)39-25)29-23-18-46-33(9-7-20-5-6-24(36)28(35)27(20)33)15-26(23)37-31(38-29)45-19-32-8-3-11-42(32)16-21(34)14-32/h5-6,13,21H,3-4,7-12,14-19,36H2,1-2H3. The van der Waals surface area contributed by atoms with Gasteiger partial charge in [-0.05, 0) is 56.3 Å². The summed E-state index contributed by atoms with van der Waals surface area (Å²) < 4.78 is 45.0. The van der Waals surface area contributed by atoms with Gasteiger partial charge in [-0.3, -0.25) is 14.4 Å². The van der Waals surface area contributed by atoms with E-state index in [9.17, 15) is 9.18 Å². The highest BCUT2D eigenvalue weighted by molar-refractivity contribution is 5.92. The van der Waals surface area contributed by atoms with E-state index >= 15 is 4.39 Å². The van der Waals surface area contributed by atoms with Gasteiger partial charge in [0.1, 0.15) is 24.2 Å². The summed E-state index contributed by atoms with van der Waals surface area (Å²) in [6.07, 6.45) is 3.94. The molecule has 0 radical (unpaired) electrons. The number of rotatable bonds is 5. The van der Waals surface area contributed by atoms with Crippen molar-refractivity contribution in [3.8, 4) is 6.01 Å². The van der Waals surface area contributed by atoms with Gasteiger partial charge in [0.2, 0.25) is 0 Å². The molecule has 13 heteroatoms. The van der Waals surface area contributed by atoms with Crippen molar-refractivity contribution in [1.29, 1.82) is 0 Å². The fraction of sp³-hybridized carbons (Fsp3) is 0.576. The molecule has 2 N–H and O–H groups in total. The van der Waals surface area contributed by atoms with Crippen molar-refractivity contribution in [2.45, 2.75) is 82.0 Å². The summed E-state index contributed by atoms with van der Waals surface area (Å²) in [5, 5.41) is 4.60. The summed E-state index contributed by atoms with van der Waals surface area (Å²) in [5.41, 5.74) is 9.27. The molecule has 5 aliphatic rings. The Morgan fingerprint density at radius 1 is 1.20 bits per heavy atom. The molecule has 0 saturated carbocycles. The van der Waals surface area contributed by atoms with E-state index in [0.29, 0.717) is 75.5 Å². The Morgan fingerprint density at radius 3 is 2.91 bits per heavy atom. The molecule has 6 heterocycles. The van der Waals surface area contributed by atoms with Crippen LogP contribution in [0.3, 0.4) is 0 Å². The number of anilines is 2. The van der Waals surface area contributed by atoms with Gasteiger partial charge in [-0.25, -0.2) is 8.78 Å². The van der Waals surface area contributed by atoms with Crippen molar-refractivity contribution < 1.29 is 23.0 Å². The van der Waals surface area contributed by atoms with Crippen LogP contribution in [0, 0.1) is 5.82 Å². The summed E-state index contributed by atoms with van der Waals surface area (Å²) in [6, 6.07) is 5.60. The van der Waals surface area contributed by atoms with Gasteiger partial charge in [0.25, 0.3) is 5.91 Å². The number of nitrogens with zero attached hydrogens (tertiary/aromatic N) is 7. The highest BCUT2D eigenvalue weighted by Crippen LogP contribution is 2.49. The second kappa shape index (κ2) is 10.9. The van der Waals surface area contributed by atoms with E-state index in [1.807, 2.05) is 16.8 Å². The fourth-order valence-corrected chi connectivity index (χ4v) is 8.39. The third kappa shape index (κ3) is 4.73. The van der Waals surface area contributed by atoms with Crippen LogP contribution >= 0.6 is 0 Å². The average Bonchev–Trinajstić information content (AvgIpc) is 3.75. The first-order valence-electron chi connectivity index (χ1n) is 16.3. The molecule has 2 saturated heterocycles. The van der Waals surface area contributed by atoms with Crippen LogP contribution in [-0.4, -0.2) is 87.5 Å². The smallest absolute Gasteiger partial charge is 0.318 e. The normalized spacial score (nSPS) is 26.9. The van der Waals surface area contributed by atoms with Crippen LogP contribution in [0.25, 0.3) is 0 Å². The molecule has 46 heavy (non-hydrogen) atoms. The summed E-state index contributed by atoms with van der Waals surface area (Å²) in [7, 11) is 3.43. The summed E-state index contributed by atoms with van der Waals surface area (Å²) in [6.45, 7) is 3.68. The number of alkyl halides is 1. The number of halogens is 2. The SMILES string of the molecule is CN(C)C(=O)c1cc2n(n1)CCCN(c1nc(OCC34CCCN3CC(F)C4)nc3c1COC1(CCc4ccc(N)c(F)c41)C3)C2. The highest BCUT2D eigenvalue weighted by atomic mass is 19.1. The van der Waals surface area contributed by atoms with Crippen molar-refractivity contribution in [3.05, 3.63) is 57.8 Å². The number of aromatic nitrogens is 4. The van der Waals surface area contributed by atoms with Crippen molar-refractivity contribution >= 4 is 17.4 Å². The lowest BCUT2D eigenvalue weighted by atomic mass is 9.86. The summed E-state index contributed by atoms with van der Waals surface area (Å²) in [4.78, 5) is 28.5. The fourth-order valence-electron chi connectivity index (χ4n) is 8.39. The minimum absolute atomic E-state index is 0.109. The highest BCUT2D eigenvalue weighted by Gasteiger charge is 2.50. The zero-order chi connectivity index (χ0) is 31.8. The average molecular weight is 635 g/mol. The van der Waals surface area contributed by atoms with Crippen LogP contribution in [0.4, 0.5) is 20.3 Å². The molecular formula is C33H40F2N8O3. The number of hydrogen-bond donors (Lipinski definition) is 1. The number of nitrogen functional groups attached to an aromatic ring is 1. The summed E-state index contributed by atoms with van der Waals surface area (Å²) in [5.74, 6) is 0.135. The van der Waals surface area contributed by atoms with Crippen LogP contribution in [-0.2, 0) is 42.9 Å². The van der Waals surface area contributed by atoms with Crippen LogP contribution in [0.2, 0.25) is 0 Å². The van der Waals surface area contributed by atoms with Crippen molar-refractivity contribution in [3.63, 3.8) is 0 Å². The predicted octanol–water partition coefficient (Wildman–Crippen LogP) is 3.38. The third-order valence-electron chi connectivity index (χ3n) is 10.7. The lowest BCUT2D eigenvalue weighted by Gasteiger charge is -2.37. The maximum atomic E-state index is 15.6. The maximum absolute atomic E-state index is 15.6. The molecule has 244 valence electrons. The minimum Gasteiger partial charge on any atom is -0.461 e. The van der Waals surface area contributed by atoms with Gasteiger partial charge in [-0.2, -0.15) is 15.1 Å². The maximum Gasteiger partial charge on any atom is 0.318 e. The van der Waals surface area contributed by atoms with Crippen LogP contribution in [0.15, 0.2) is 18.2 Å². The Kier molecular flexibility index (Phi) is 6.98. The zero-order valence-corrected chi connectivity index (χ0v) is 26.4.